The second kappa shape index (κ2) is 16.3. The van der Waals surface area contributed by atoms with Gasteiger partial charge >= 0.3 is 5.97 Å². The van der Waals surface area contributed by atoms with Crippen molar-refractivity contribution in [2.75, 3.05) is 13.2 Å². The highest BCUT2D eigenvalue weighted by atomic mass is 16.6. The van der Waals surface area contributed by atoms with Crippen LogP contribution in [0.3, 0.4) is 0 Å². The molecule has 232 valence electrons. The van der Waals surface area contributed by atoms with Crippen molar-refractivity contribution >= 4 is 11.8 Å². The molecular formula is C35H44O8. The molecule has 8 nitrogen and oxygen atoms in total. The van der Waals surface area contributed by atoms with Crippen LogP contribution in [0.15, 0.2) is 72.8 Å². The molecule has 3 heterocycles. The van der Waals surface area contributed by atoms with Gasteiger partial charge in [0.25, 0.3) is 0 Å². The van der Waals surface area contributed by atoms with Gasteiger partial charge in [-0.3, -0.25) is 9.59 Å². The maximum Gasteiger partial charge on any atom is 0.302 e. The molecule has 0 amide bonds. The van der Waals surface area contributed by atoms with Gasteiger partial charge in [0.15, 0.2) is 5.78 Å². The number of hydrogen-bond acceptors (Lipinski definition) is 8. The zero-order chi connectivity index (χ0) is 29.9. The molecule has 0 saturated carbocycles. The van der Waals surface area contributed by atoms with Gasteiger partial charge in [0, 0.05) is 26.4 Å². The third kappa shape index (κ3) is 9.81. The number of fused-ring (bicyclic) bond motifs is 1. The van der Waals surface area contributed by atoms with E-state index in [1.54, 1.807) is 6.08 Å². The minimum atomic E-state index is -0.549. The molecule has 3 aliphatic rings. The van der Waals surface area contributed by atoms with Crippen molar-refractivity contribution in [3.63, 3.8) is 0 Å². The number of benzene rings is 2. The molecule has 5 rings (SSSR count). The number of allylic oxidation sites excluding steroid dienone is 1. The van der Waals surface area contributed by atoms with Crippen molar-refractivity contribution in [3.05, 3.63) is 83.9 Å². The van der Waals surface area contributed by atoms with E-state index in [9.17, 15) is 9.59 Å². The van der Waals surface area contributed by atoms with Crippen LogP contribution in [0.4, 0.5) is 0 Å². The monoisotopic (exact) mass is 592 g/mol. The summed E-state index contributed by atoms with van der Waals surface area (Å²) in [5.74, 6) is -0.348. The van der Waals surface area contributed by atoms with E-state index in [0.717, 1.165) is 24.0 Å². The van der Waals surface area contributed by atoms with E-state index in [4.69, 9.17) is 28.4 Å². The van der Waals surface area contributed by atoms with Crippen LogP contribution in [-0.4, -0.2) is 67.7 Å². The van der Waals surface area contributed by atoms with E-state index in [1.807, 2.05) is 66.7 Å². The van der Waals surface area contributed by atoms with Crippen LogP contribution in [0.5, 0.6) is 0 Å². The minimum Gasteiger partial charge on any atom is -0.460 e. The van der Waals surface area contributed by atoms with Gasteiger partial charge in [0.05, 0.1) is 50.3 Å². The van der Waals surface area contributed by atoms with E-state index < -0.39 is 24.4 Å². The average molecular weight is 593 g/mol. The lowest BCUT2D eigenvalue weighted by atomic mass is 9.92. The summed E-state index contributed by atoms with van der Waals surface area (Å²) >= 11 is 0. The maximum atomic E-state index is 12.9. The van der Waals surface area contributed by atoms with Gasteiger partial charge in [-0.2, -0.15) is 0 Å². The normalized spacial score (nSPS) is 29.4. The first kappa shape index (κ1) is 31.5. The van der Waals surface area contributed by atoms with Crippen LogP contribution in [0, 0.1) is 0 Å². The minimum absolute atomic E-state index is 0.0127. The van der Waals surface area contributed by atoms with Crippen molar-refractivity contribution in [1.29, 1.82) is 0 Å². The Morgan fingerprint density at radius 2 is 1.65 bits per heavy atom. The molecular weight excluding hydrogens is 548 g/mol. The molecule has 43 heavy (non-hydrogen) atoms. The summed E-state index contributed by atoms with van der Waals surface area (Å²) in [6, 6.07) is 20.0. The van der Waals surface area contributed by atoms with Crippen molar-refractivity contribution < 1.29 is 38.0 Å². The molecule has 0 aliphatic carbocycles. The van der Waals surface area contributed by atoms with Crippen LogP contribution < -0.4 is 0 Å². The first-order valence-corrected chi connectivity index (χ1v) is 15.6. The molecule has 2 aromatic carbocycles. The predicted molar refractivity (Wildman–Crippen MR) is 160 cm³/mol. The highest BCUT2D eigenvalue weighted by Crippen LogP contribution is 2.32. The van der Waals surface area contributed by atoms with Gasteiger partial charge in [-0.05, 0) is 49.3 Å². The Bertz CT molecular complexity index is 1170. The number of rotatable bonds is 11. The molecule has 0 spiro atoms. The predicted octanol–water partition coefficient (Wildman–Crippen LogP) is 5.51. The lowest BCUT2D eigenvalue weighted by Gasteiger charge is -2.41. The summed E-state index contributed by atoms with van der Waals surface area (Å²) < 4.78 is 37.7. The number of hydrogen-bond donors (Lipinski definition) is 0. The van der Waals surface area contributed by atoms with Gasteiger partial charge in [-0.25, -0.2) is 0 Å². The second-order valence-corrected chi connectivity index (χ2v) is 11.7. The molecule has 0 radical (unpaired) electrons. The molecule has 8 heteroatoms. The smallest absolute Gasteiger partial charge is 0.302 e. The average Bonchev–Trinajstić information content (AvgIpc) is 3.09. The lowest BCUT2D eigenvalue weighted by Crippen LogP contribution is -2.51. The summed E-state index contributed by atoms with van der Waals surface area (Å²) in [6.07, 6.45) is 5.69. The zero-order valence-electron chi connectivity index (χ0n) is 25.0. The number of carbonyl (C=O) groups excluding carboxylic acids is 2. The molecule has 0 aromatic heterocycles. The highest BCUT2D eigenvalue weighted by molar-refractivity contribution is 5.90. The fourth-order valence-electron chi connectivity index (χ4n) is 6.15. The Kier molecular flexibility index (Phi) is 11.9. The zero-order valence-corrected chi connectivity index (χ0v) is 25.0. The quantitative estimate of drug-likeness (QED) is 0.316. The molecule has 0 unspecified atom stereocenters. The van der Waals surface area contributed by atoms with Gasteiger partial charge in [-0.15, -0.1) is 0 Å². The molecule has 0 bridgehead atoms. The lowest BCUT2D eigenvalue weighted by molar-refractivity contribution is -0.211. The van der Waals surface area contributed by atoms with Crippen LogP contribution in [0.1, 0.15) is 63.0 Å². The molecule has 0 N–H and O–H groups in total. The largest absolute Gasteiger partial charge is 0.460 e. The third-order valence-corrected chi connectivity index (χ3v) is 8.24. The first-order valence-electron chi connectivity index (χ1n) is 15.6. The summed E-state index contributed by atoms with van der Waals surface area (Å²) in [6.45, 7) is 3.37. The van der Waals surface area contributed by atoms with Gasteiger partial charge in [0.2, 0.25) is 0 Å². The summed E-state index contributed by atoms with van der Waals surface area (Å²) in [5.41, 5.74) is 2.11. The maximum absolute atomic E-state index is 12.9. The standard InChI is InChI=1S/C35H44O8/c1-25(36)41-33-18-17-29(24-38-22-26-10-4-2-5-11-26)43-35(33)34(40-23-27-12-6-3-7-13-27)21-30-20-28(37)14-8-15-31-32(42-30)16-9-19-39-31/h2-8,10-14,29-35H,9,15-24H2,1H3/b14-8-/t29-,30-,31+,32-,33+,34+,35+/m0/s1. The van der Waals surface area contributed by atoms with Crippen molar-refractivity contribution in [1.82, 2.24) is 0 Å². The first-order chi connectivity index (χ1) is 21.0. The summed E-state index contributed by atoms with van der Waals surface area (Å²) in [5, 5.41) is 0. The SMILES string of the molecule is CC(=O)O[C@@H]1CC[C@@H](COCc2ccccc2)O[C@H]1[C@@H](C[C@@H]1CC(=O)/C=C\C[C@H]2OCCC[C@@H]2O1)OCc1ccccc1. The highest BCUT2D eigenvalue weighted by Gasteiger charge is 2.41. The Balaban J connectivity index is 1.34. The topological polar surface area (TPSA) is 89.5 Å². The fraction of sp³-hybridized carbons (Fsp3) is 0.543. The van der Waals surface area contributed by atoms with E-state index in [-0.39, 0.29) is 36.5 Å². The van der Waals surface area contributed by atoms with Gasteiger partial charge < -0.3 is 28.4 Å². The number of esters is 1. The van der Waals surface area contributed by atoms with Crippen LogP contribution >= 0.6 is 0 Å². The van der Waals surface area contributed by atoms with Crippen LogP contribution in [-0.2, 0) is 51.2 Å². The van der Waals surface area contributed by atoms with E-state index in [1.165, 1.54) is 6.92 Å². The van der Waals surface area contributed by atoms with Gasteiger partial charge in [0.1, 0.15) is 12.2 Å². The van der Waals surface area contributed by atoms with E-state index in [0.29, 0.717) is 52.1 Å². The van der Waals surface area contributed by atoms with Crippen molar-refractivity contribution in [3.8, 4) is 0 Å². The molecule has 2 saturated heterocycles. The Hall–Kier alpha value is -2.88. The molecule has 7 atom stereocenters. The van der Waals surface area contributed by atoms with Crippen molar-refractivity contribution in [2.24, 2.45) is 0 Å². The van der Waals surface area contributed by atoms with E-state index in [2.05, 4.69) is 0 Å². The Morgan fingerprint density at radius 1 is 0.907 bits per heavy atom. The van der Waals surface area contributed by atoms with Crippen molar-refractivity contribution in [2.45, 2.75) is 108 Å². The number of ether oxygens (including phenoxy) is 6. The summed E-state index contributed by atoms with van der Waals surface area (Å²) in [7, 11) is 0. The second-order valence-electron chi connectivity index (χ2n) is 11.7. The third-order valence-electron chi connectivity index (χ3n) is 8.24. The fourth-order valence-corrected chi connectivity index (χ4v) is 6.15. The Morgan fingerprint density at radius 3 is 2.40 bits per heavy atom. The molecule has 3 aliphatic heterocycles. The molecule has 2 fully saturated rings. The number of carbonyl (C=O) groups is 2. The van der Waals surface area contributed by atoms with Crippen LogP contribution in [0.25, 0.3) is 0 Å². The molecule has 2 aromatic rings. The van der Waals surface area contributed by atoms with Gasteiger partial charge in [-0.1, -0.05) is 66.7 Å². The Labute approximate surface area is 254 Å². The van der Waals surface area contributed by atoms with Crippen LogP contribution in [0.2, 0.25) is 0 Å². The number of ketones is 1. The summed E-state index contributed by atoms with van der Waals surface area (Å²) in [4.78, 5) is 25.0. The van der Waals surface area contributed by atoms with E-state index >= 15 is 0 Å².